The fourth-order valence-electron chi connectivity index (χ4n) is 6.47. The lowest BCUT2D eigenvalue weighted by Gasteiger charge is -2.39. The maximum absolute atomic E-state index is 13.2. The number of methoxy groups -OCH3 is 2. The van der Waals surface area contributed by atoms with Crippen LogP contribution in [0.15, 0.2) is 94.6 Å². The number of nitrogens with zero attached hydrogens (tertiary/aromatic N) is 3. The first-order chi connectivity index (χ1) is 25.9. The third-order valence-electron chi connectivity index (χ3n) is 8.99. The van der Waals surface area contributed by atoms with Gasteiger partial charge in [-0.1, -0.05) is 54.6 Å². The molecule has 0 spiro atoms. The van der Waals surface area contributed by atoms with Crippen LogP contribution in [0.5, 0.6) is 11.5 Å². The van der Waals surface area contributed by atoms with Gasteiger partial charge in [-0.05, 0) is 75.6 Å². The summed E-state index contributed by atoms with van der Waals surface area (Å²) in [7, 11) is 1.31. The molecule has 1 fully saturated rings. The maximum Gasteiger partial charge on any atom is 0.330 e. The molecule has 13 heteroatoms. The Morgan fingerprint density at radius 3 is 2.06 bits per heavy atom. The molecule has 1 saturated heterocycles. The van der Waals surface area contributed by atoms with Crippen LogP contribution >= 0.6 is 8.53 Å². The topological polar surface area (TPSA) is 137 Å². The number of nitrogens with one attached hydrogen (secondary N) is 1. The summed E-state index contributed by atoms with van der Waals surface area (Å²) in [6.07, 6.45) is -2.42. The number of H-pyrrole nitrogens is 1. The second-order valence-corrected chi connectivity index (χ2v) is 14.6. The lowest BCUT2D eigenvalue weighted by Crippen LogP contribution is -2.39. The van der Waals surface area contributed by atoms with E-state index in [-0.39, 0.29) is 38.1 Å². The molecule has 1 aliphatic heterocycles. The first kappa shape index (κ1) is 38.4. The van der Waals surface area contributed by atoms with E-state index in [2.05, 4.69) is 11.1 Å². The molecule has 1 unspecified atom stereocenters. The van der Waals surface area contributed by atoms with E-state index in [1.54, 1.807) is 21.1 Å². The highest BCUT2D eigenvalue weighted by molar-refractivity contribution is 7.44. The highest BCUT2D eigenvalue weighted by Gasteiger charge is 2.45. The fourth-order valence-corrected chi connectivity index (χ4v) is 8.14. The first-order valence-corrected chi connectivity index (χ1v) is 18.7. The molecule has 1 aliphatic rings. The molecule has 4 atom stereocenters. The van der Waals surface area contributed by atoms with Crippen molar-refractivity contribution in [3.8, 4) is 17.6 Å². The Hall–Kier alpha value is -4.34. The Bertz CT molecular complexity index is 1930. The van der Waals surface area contributed by atoms with Crippen LogP contribution in [0.4, 0.5) is 0 Å². The zero-order valence-corrected chi connectivity index (χ0v) is 32.2. The molecule has 53 heavy (non-hydrogen) atoms. The van der Waals surface area contributed by atoms with Crippen LogP contribution in [0.25, 0.3) is 0 Å². The van der Waals surface area contributed by atoms with Gasteiger partial charge in [-0.3, -0.25) is 14.3 Å². The molecule has 0 amide bonds. The van der Waals surface area contributed by atoms with Gasteiger partial charge in [0.15, 0.2) is 0 Å². The summed E-state index contributed by atoms with van der Waals surface area (Å²) in [6, 6.07) is 27.0. The van der Waals surface area contributed by atoms with Crippen LogP contribution in [0.1, 0.15) is 70.4 Å². The Kier molecular flexibility index (Phi) is 13.1. The number of aromatic amines is 1. The molecule has 0 bridgehead atoms. The SMILES string of the molecule is [2H][C@]1(OP(OCCC#N)N(C(C)C)C(C)C)C[C@H](n2cc(C)c(=O)[nH]c2=O)O[C@@H]1COC(c1ccccc1)(c1ccc(OC)cc1)c1ccc(OC)cc1. The Labute approximate surface area is 313 Å². The smallest absolute Gasteiger partial charge is 0.330 e. The van der Waals surface area contributed by atoms with Gasteiger partial charge >= 0.3 is 5.69 Å². The number of rotatable bonds is 17. The van der Waals surface area contributed by atoms with Crippen LogP contribution in [0.2, 0.25) is 0 Å². The predicted octanol–water partition coefficient (Wildman–Crippen LogP) is 6.82. The summed E-state index contributed by atoms with van der Waals surface area (Å²) < 4.78 is 51.0. The minimum absolute atomic E-state index is 0.0324. The minimum atomic E-state index is -1.90. The van der Waals surface area contributed by atoms with Crippen molar-refractivity contribution in [1.82, 2.24) is 14.2 Å². The van der Waals surface area contributed by atoms with Crippen LogP contribution in [0.3, 0.4) is 0 Å². The molecule has 0 radical (unpaired) electrons. The fraction of sp³-hybridized carbons (Fsp3) is 0.425. The molecule has 0 aliphatic carbocycles. The Morgan fingerprint density at radius 2 is 1.53 bits per heavy atom. The number of aromatic nitrogens is 2. The van der Waals surface area contributed by atoms with Gasteiger partial charge in [-0.25, -0.2) is 9.46 Å². The molecular weight excluding hydrogens is 695 g/mol. The van der Waals surface area contributed by atoms with Gasteiger partial charge in [0.2, 0.25) is 0 Å². The van der Waals surface area contributed by atoms with Gasteiger partial charge in [0.25, 0.3) is 14.1 Å². The summed E-state index contributed by atoms with van der Waals surface area (Å²) >= 11 is 0. The monoisotopic (exact) mass is 745 g/mol. The number of aryl methyl sites for hydroxylation is 1. The van der Waals surface area contributed by atoms with Crippen molar-refractivity contribution < 1.29 is 29.4 Å². The number of benzene rings is 3. The molecule has 3 aromatic carbocycles. The molecule has 2 heterocycles. The van der Waals surface area contributed by atoms with Crippen molar-refractivity contribution in [2.45, 2.75) is 83.6 Å². The lowest BCUT2D eigenvalue weighted by atomic mass is 9.80. The van der Waals surface area contributed by atoms with Gasteiger partial charge in [-0.2, -0.15) is 5.26 Å². The second-order valence-electron chi connectivity index (χ2n) is 13.2. The Morgan fingerprint density at radius 1 is 0.962 bits per heavy atom. The number of hydrogen-bond acceptors (Lipinski definition) is 10. The summed E-state index contributed by atoms with van der Waals surface area (Å²) in [4.78, 5) is 27.8. The normalized spacial score (nSPS) is 19.7. The van der Waals surface area contributed by atoms with E-state index in [9.17, 15) is 16.2 Å². The Balaban J connectivity index is 1.64. The van der Waals surface area contributed by atoms with Crippen molar-refractivity contribution in [3.05, 3.63) is 128 Å². The minimum Gasteiger partial charge on any atom is -0.497 e. The number of ether oxygens (including phenoxy) is 4. The van der Waals surface area contributed by atoms with Gasteiger partial charge in [-0.15, -0.1) is 0 Å². The standard InChI is InChI=1S/C40H49N4O8P/c1-27(2)44(28(3)4)53(50-23-11-22-41)52-35-24-37(43-25-29(5)38(45)42-39(43)46)51-36(35)26-49-40(30-12-9-8-10-13-30,31-14-18-33(47-6)19-15-31)32-16-20-34(48-7)21-17-32/h8-10,12-21,25,27-28,35-37H,11,23-24,26H2,1-7H3,(H,42,45,46)/t35-,36+,37+,53?/m0/s1/i35D. The van der Waals surface area contributed by atoms with Crippen LogP contribution < -0.4 is 20.7 Å². The zero-order valence-electron chi connectivity index (χ0n) is 32.3. The molecule has 1 aromatic heterocycles. The number of nitriles is 1. The van der Waals surface area contributed by atoms with E-state index < -0.39 is 43.8 Å². The average molecular weight is 746 g/mol. The molecule has 4 aromatic rings. The predicted molar refractivity (Wildman–Crippen MR) is 203 cm³/mol. The highest BCUT2D eigenvalue weighted by atomic mass is 31.2. The molecule has 12 nitrogen and oxygen atoms in total. The van der Waals surface area contributed by atoms with Crippen molar-refractivity contribution in [1.29, 1.82) is 5.26 Å². The van der Waals surface area contributed by atoms with Crippen LogP contribution in [0, 0.1) is 18.3 Å². The van der Waals surface area contributed by atoms with E-state index in [0.29, 0.717) is 17.1 Å². The highest BCUT2D eigenvalue weighted by Crippen LogP contribution is 2.50. The van der Waals surface area contributed by atoms with Gasteiger partial charge in [0.05, 0.1) is 47.4 Å². The van der Waals surface area contributed by atoms with Crippen molar-refractivity contribution in [3.63, 3.8) is 0 Å². The van der Waals surface area contributed by atoms with E-state index >= 15 is 0 Å². The van der Waals surface area contributed by atoms with Gasteiger partial charge < -0.3 is 28.0 Å². The van der Waals surface area contributed by atoms with E-state index in [1.165, 1.54) is 10.8 Å². The summed E-state index contributed by atoms with van der Waals surface area (Å²) in [5.74, 6) is 1.34. The molecule has 1 N–H and O–H groups in total. The first-order valence-electron chi connectivity index (χ1n) is 18.1. The third-order valence-corrected chi connectivity index (χ3v) is 11.1. The number of hydrogen-bond donors (Lipinski definition) is 1. The second kappa shape index (κ2) is 18.1. The maximum atomic E-state index is 13.2. The molecule has 282 valence electrons. The molecule has 0 saturated carbocycles. The molecular formula is C40H49N4O8P. The van der Waals surface area contributed by atoms with Gasteiger partial charge in [0.1, 0.15) is 29.4 Å². The summed E-state index contributed by atoms with van der Waals surface area (Å²) in [5, 5.41) is 9.31. The quantitative estimate of drug-likeness (QED) is 0.0697. The van der Waals surface area contributed by atoms with Crippen molar-refractivity contribution in [2.24, 2.45) is 0 Å². The van der Waals surface area contributed by atoms with Crippen molar-refractivity contribution in [2.75, 3.05) is 27.4 Å². The van der Waals surface area contributed by atoms with Gasteiger partial charge in [0, 0.05) is 30.3 Å². The van der Waals surface area contributed by atoms with E-state index in [1.807, 2.05) is 111 Å². The summed E-state index contributed by atoms with van der Waals surface area (Å²) in [5.41, 5.74) is 0.276. The lowest BCUT2D eigenvalue weighted by molar-refractivity contribution is -0.0926. The largest absolute Gasteiger partial charge is 0.497 e. The third kappa shape index (κ3) is 9.07. The molecule has 5 rings (SSSR count). The average Bonchev–Trinajstić information content (AvgIpc) is 3.49. The van der Waals surface area contributed by atoms with Crippen molar-refractivity contribution >= 4 is 8.53 Å². The van der Waals surface area contributed by atoms with E-state index in [4.69, 9.17) is 28.0 Å². The van der Waals surface area contributed by atoms with Crippen LogP contribution in [-0.2, 0) is 24.1 Å². The van der Waals surface area contributed by atoms with E-state index in [0.717, 1.165) is 16.7 Å². The summed E-state index contributed by atoms with van der Waals surface area (Å²) in [6.45, 7) is 9.57. The zero-order chi connectivity index (χ0) is 39.0. The van der Waals surface area contributed by atoms with Crippen LogP contribution in [-0.4, -0.2) is 65.9 Å².